The molecule has 3 aromatic carbocycles. The molecule has 2 saturated heterocycles. The fraction of sp³-hybridized carbons (Fsp3) is 0.286. The Morgan fingerprint density at radius 1 is 0.743 bits per heavy atom. The van der Waals surface area contributed by atoms with Crippen LogP contribution in [0.1, 0.15) is 11.1 Å². The molecule has 6 nitrogen and oxygen atoms in total. The van der Waals surface area contributed by atoms with Crippen molar-refractivity contribution in [3.63, 3.8) is 0 Å². The number of urea groups is 1. The van der Waals surface area contributed by atoms with Gasteiger partial charge in [-0.15, -0.1) is 0 Å². The highest BCUT2D eigenvalue weighted by Gasteiger charge is 2.51. The average Bonchev–Trinajstić information content (AvgIpc) is 3.10. The second kappa shape index (κ2) is 10.1. The quantitative estimate of drug-likeness (QED) is 0.506. The first-order chi connectivity index (χ1) is 17.0. The molecule has 0 spiro atoms. The molecular weight excluding hydrogens is 460 g/mol. The molecule has 0 bridgehead atoms. The molecule has 0 aliphatic carbocycles. The van der Waals surface area contributed by atoms with Crippen molar-refractivity contribution in [3.05, 3.63) is 101 Å². The van der Waals surface area contributed by atoms with Crippen LogP contribution in [0.3, 0.4) is 0 Å². The molecule has 1 N–H and O–H groups in total. The smallest absolute Gasteiger partial charge is 0.326 e. The van der Waals surface area contributed by atoms with E-state index in [-0.39, 0.29) is 18.6 Å². The highest BCUT2D eigenvalue weighted by atomic mass is 35.5. The number of imide groups is 1. The van der Waals surface area contributed by atoms with E-state index in [1.807, 2.05) is 84.9 Å². The highest BCUT2D eigenvalue weighted by Crippen LogP contribution is 2.29. The van der Waals surface area contributed by atoms with Crippen molar-refractivity contribution < 1.29 is 9.59 Å². The topological polar surface area (TPSA) is 55.9 Å². The van der Waals surface area contributed by atoms with Crippen LogP contribution >= 0.6 is 11.6 Å². The van der Waals surface area contributed by atoms with Gasteiger partial charge in [0.1, 0.15) is 5.54 Å². The van der Waals surface area contributed by atoms with Gasteiger partial charge in [-0.3, -0.25) is 9.69 Å². The number of para-hydroxylation sites is 1. The summed E-state index contributed by atoms with van der Waals surface area (Å²) in [6.07, 6.45) is 0.897. The van der Waals surface area contributed by atoms with Crippen LogP contribution in [-0.4, -0.2) is 60.1 Å². The van der Waals surface area contributed by atoms with E-state index in [0.717, 1.165) is 48.0 Å². The summed E-state index contributed by atoms with van der Waals surface area (Å²) >= 11 is 6.37. The van der Waals surface area contributed by atoms with Crippen molar-refractivity contribution in [1.82, 2.24) is 15.1 Å². The predicted octanol–water partition coefficient (Wildman–Crippen LogP) is 4.20. The summed E-state index contributed by atoms with van der Waals surface area (Å²) in [5.41, 5.74) is 2.06. The molecule has 2 heterocycles. The van der Waals surface area contributed by atoms with E-state index in [1.54, 1.807) is 0 Å². The third-order valence-corrected chi connectivity index (χ3v) is 7.17. The molecule has 0 atom stereocenters. The first kappa shape index (κ1) is 23.4. The Hall–Kier alpha value is -3.35. The number of carbonyl (C=O) groups is 2. The Labute approximate surface area is 211 Å². The molecule has 0 saturated carbocycles. The molecule has 5 rings (SSSR count). The van der Waals surface area contributed by atoms with Gasteiger partial charge in [0.05, 0.1) is 17.4 Å². The molecule has 3 amide bonds. The second-order valence-corrected chi connectivity index (χ2v) is 9.68. The number of amides is 3. The van der Waals surface area contributed by atoms with Crippen LogP contribution in [0.4, 0.5) is 10.5 Å². The number of benzene rings is 3. The van der Waals surface area contributed by atoms with E-state index in [0.29, 0.717) is 12.8 Å². The highest BCUT2D eigenvalue weighted by molar-refractivity contribution is 6.33. The summed E-state index contributed by atoms with van der Waals surface area (Å²) in [5, 5.41) is 3.82. The molecule has 180 valence electrons. The van der Waals surface area contributed by atoms with Crippen molar-refractivity contribution in [3.8, 4) is 0 Å². The van der Waals surface area contributed by atoms with Crippen molar-refractivity contribution in [1.29, 1.82) is 0 Å². The maximum Gasteiger partial charge on any atom is 0.326 e. The number of halogens is 1. The maximum atomic E-state index is 13.8. The fourth-order valence-corrected chi connectivity index (χ4v) is 5.29. The zero-order chi connectivity index (χ0) is 24.3. The maximum absolute atomic E-state index is 13.8. The van der Waals surface area contributed by atoms with Crippen molar-refractivity contribution >= 4 is 29.2 Å². The lowest BCUT2D eigenvalue weighted by atomic mass is 9.84. The zero-order valence-corrected chi connectivity index (χ0v) is 20.3. The summed E-state index contributed by atoms with van der Waals surface area (Å²) in [6.45, 7) is 3.34. The fourth-order valence-electron chi connectivity index (χ4n) is 5.03. The molecular formula is C28H29ClN4O2. The van der Waals surface area contributed by atoms with E-state index in [9.17, 15) is 9.59 Å². The van der Waals surface area contributed by atoms with Gasteiger partial charge in [-0.2, -0.15) is 0 Å². The van der Waals surface area contributed by atoms with Crippen LogP contribution in [0.25, 0.3) is 0 Å². The Balaban J connectivity index is 1.31. The Kier molecular flexibility index (Phi) is 6.75. The van der Waals surface area contributed by atoms with Crippen molar-refractivity contribution in [2.45, 2.75) is 18.4 Å². The van der Waals surface area contributed by atoms with Crippen LogP contribution in [-0.2, 0) is 17.6 Å². The lowest BCUT2D eigenvalue weighted by molar-refractivity contribution is -0.132. The normalized spacial score (nSPS) is 18.1. The minimum atomic E-state index is -1.00. The van der Waals surface area contributed by atoms with Crippen LogP contribution < -0.4 is 10.2 Å². The molecule has 0 radical (unpaired) electrons. The molecule has 2 fully saturated rings. The number of rotatable bonds is 7. The largest absolute Gasteiger partial charge is 0.368 e. The SMILES string of the molecule is O=C1NC(Cc2ccccc2)(Cc2ccccc2)C(=O)N1CN1CCN(c2ccccc2Cl)CC1. The summed E-state index contributed by atoms with van der Waals surface area (Å²) in [7, 11) is 0. The first-order valence-corrected chi connectivity index (χ1v) is 12.4. The molecule has 2 aliphatic heterocycles. The third-order valence-electron chi connectivity index (χ3n) is 6.85. The van der Waals surface area contributed by atoms with E-state index in [1.165, 1.54) is 4.90 Å². The number of nitrogens with one attached hydrogen (secondary N) is 1. The van der Waals surface area contributed by atoms with Crippen LogP contribution in [0, 0.1) is 0 Å². The lowest BCUT2D eigenvalue weighted by Gasteiger charge is -2.37. The predicted molar refractivity (Wildman–Crippen MR) is 139 cm³/mol. The minimum absolute atomic E-state index is 0.163. The van der Waals surface area contributed by atoms with Gasteiger partial charge in [0.2, 0.25) is 0 Å². The van der Waals surface area contributed by atoms with Gasteiger partial charge in [0.15, 0.2) is 0 Å². The van der Waals surface area contributed by atoms with Gasteiger partial charge in [0, 0.05) is 39.0 Å². The number of nitrogens with zero attached hydrogens (tertiary/aromatic N) is 3. The molecule has 0 aromatic heterocycles. The van der Waals surface area contributed by atoms with Crippen molar-refractivity contribution in [2.24, 2.45) is 0 Å². The van der Waals surface area contributed by atoms with E-state index in [4.69, 9.17) is 11.6 Å². The minimum Gasteiger partial charge on any atom is -0.368 e. The first-order valence-electron chi connectivity index (χ1n) is 12.0. The zero-order valence-electron chi connectivity index (χ0n) is 19.6. The Morgan fingerprint density at radius 2 is 1.29 bits per heavy atom. The monoisotopic (exact) mass is 488 g/mol. The van der Waals surface area contributed by atoms with Gasteiger partial charge in [-0.25, -0.2) is 9.69 Å². The van der Waals surface area contributed by atoms with Gasteiger partial charge >= 0.3 is 6.03 Å². The van der Waals surface area contributed by atoms with Gasteiger partial charge in [0.25, 0.3) is 5.91 Å². The average molecular weight is 489 g/mol. The molecule has 2 aliphatic rings. The van der Waals surface area contributed by atoms with E-state index >= 15 is 0 Å². The summed E-state index contributed by atoms with van der Waals surface area (Å²) in [4.78, 5) is 32.8. The van der Waals surface area contributed by atoms with Gasteiger partial charge < -0.3 is 10.2 Å². The number of piperazine rings is 1. The van der Waals surface area contributed by atoms with Crippen LogP contribution in [0.2, 0.25) is 5.02 Å². The second-order valence-electron chi connectivity index (χ2n) is 9.27. The van der Waals surface area contributed by atoms with Crippen molar-refractivity contribution in [2.75, 3.05) is 37.7 Å². The van der Waals surface area contributed by atoms with E-state index < -0.39 is 5.54 Å². The number of hydrogen-bond acceptors (Lipinski definition) is 4. The van der Waals surface area contributed by atoms with Crippen LogP contribution in [0.5, 0.6) is 0 Å². The van der Waals surface area contributed by atoms with Gasteiger partial charge in [-0.1, -0.05) is 84.4 Å². The Bertz CT molecular complexity index is 1140. The van der Waals surface area contributed by atoms with Crippen LogP contribution in [0.15, 0.2) is 84.9 Å². The summed E-state index contributed by atoms with van der Waals surface area (Å²) in [6, 6.07) is 27.3. The summed E-state index contributed by atoms with van der Waals surface area (Å²) < 4.78 is 0. The number of carbonyl (C=O) groups excluding carboxylic acids is 2. The van der Waals surface area contributed by atoms with Gasteiger partial charge in [-0.05, 0) is 23.3 Å². The lowest BCUT2D eigenvalue weighted by Crippen LogP contribution is -2.53. The molecule has 0 unspecified atom stereocenters. The number of hydrogen-bond donors (Lipinski definition) is 1. The standard InChI is InChI=1S/C28H29ClN4O2/c29-24-13-7-8-14-25(24)32-17-15-31(16-18-32)21-33-26(34)28(30-27(33)35,19-22-9-3-1-4-10-22)20-23-11-5-2-6-12-23/h1-14H,15-21H2,(H,30,35). The number of anilines is 1. The molecule has 3 aromatic rings. The molecule has 35 heavy (non-hydrogen) atoms. The Morgan fingerprint density at radius 3 is 1.86 bits per heavy atom. The molecule has 7 heteroatoms. The van der Waals surface area contributed by atoms with E-state index in [2.05, 4.69) is 15.1 Å². The summed E-state index contributed by atoms with van der Waals surface area (Å²) in [5.74, 6) is -0.163. The third kappa shape index (κ3) is 5.04.